The number of unbranched alkanes of at least 4 members (excludes halogenated alkanes) is 1. The van der Waals surface area contributed by atoms with Crippen molar-refractivity contribution in [3.8, 4) is 11.8 Å². The molecule has 0 spiro atoms. The molecule has 30 heavy (non-hydrogen) atoms. The molecule has 0 amide bonds. The number of hydrogen-bond acceptors (Lipinski definition) is 2. The van der Waals surface area contributed by atoms with Crippen LogP contribution in [0.15, 0.2) is 72.8 Å². The van der Waals surface area contributed by atoms with Crippen molar-refractivity contribution >= 4 is 11.7 Å². The molecule has 4 heteroatoms. The van der Waals surface area contributed by atoms with Crippen LogP contribution < -0.4 is 4.90 Å². The minimum atomic E-state index is -1.26. The number of halogens is 1. The zero-order chi connectivity index (χ0) is 21.3. The highest BCUT2D eigenvalue weighted by molar-refractivity contribution is 5.89. The van der Waals surface area contributed by atoms with Crippen LogP contribution in [0.3, 0.4) is 0 Å². The Bertz CT molecular complexity index is 1050. The molecule has 0 heterocycles. The van der Waals surface area contributed by atoms with Crippen molar-refractivity contribution in [1.82, 2.24) is 0 Å². The van der Waals surface area contributed by atoms with Gasteiger partial charge in [-0.2, -0.15) is 0 Å². The number of hydrogen-bond donors (Lipinski definition) is 1. The van der Waals surface area contributed by atoms with Crippen LogP contribution in [0.2, 0.25) is 0 Å². The third-order valence-electron chi connectivity index (χ3n) is 4.78. The van der Waals surface area contributed by atoms with Crippen LogP contribution >= 0.6 is 0 Å². The molecule has 0 saturated carbocycles. The summed E-state index contributed by atoms with van der Waals surface area (Å²) in [5, 5.41) is 9.23. The molecule has 3 aromatic rings. The molecule has 0 aliphatic heterocycles. The second-order valence-corrected chi connectivity index (χ2v) is 7.03. The number of nitrogens with zero attached hydrogens (tertiary/aromatic N) is 1. The molecule has 0 atom stereocenters. The quantitative estimate of drug-likeness (QED) is 0.514. The first-order chi connectivity index (χ1) is 14.6. The third-order valence-corrected chi connectivity index (χ3v) is 4.78. The van der Waals surface area contributed by atoms with E-state index in [9.17, 15) is 14.3 Å². The van der Waals surface area contributed by atoms with Gasteiger partial charge in [-0.25, -0.2) is 9.18 Å². The Labute approximate surface area is 176 Å². The predicted molar refractivity (Wildman–Crippen MR) is 118 cm³/mol. The lowest BCUT2D eigenvalue weighted by Gasteiger charge is -2.26. The lowest BCUT2D eigenvalue weighted by atomic mass is 10.1. The van der Waals surface area contributed by atoms with Crippen LogP contribution in [0, 0.1) is 17.7 Å². The molecule has 0 aromatic heterocycles. The van der Waals surface area contributed by atoms with Crippen molar-refractivity contribution in [2.24, 2.45) is 0 Å². The molecule has 0 aliphatic rings. The Morgan fingerprint density at radius 1 is 0.933 bits per heavy atom. The van der Waals surface area contributed by atoms with Crippen molar-refractivity contribution in [3.05, 3.63) is 101 Å². The van der Waals surface area contributed by atoms with Gasteiger partial charge >= 0.3 is 5.97 Å². The summed E-state index contributed by atoms with van der Waals surface area (Å²) in [4.78, 5) is 13.2. The van der Waals surface area contributed by atoms with E-state index >= 15 is 0 Å². The van der Waals surface area contributed by atoms with E-state index in [0.717, 1.165) is 29.5 Å². The molecule has 152 valence electrons. The fourth-order valence-electron chi connectivity index (χ4n) is 3.14. The summed E-state index contributed by atoms with van der Waals surface area (Å²) < 4.78 is 14.8. The summed E-state index contributed by atoms with van der Waals surface area (Å²) >= 11 is 0. The molecule has 0 unspecified atom stereocenters. The van der Waals surface area contributed by atoms with E-state index in [-0.39, 0.29) is 5.56 Å². The number of carbonyl (C=O) groups is 1. The number of benzene rings is 3. The summed E-state index contributed by atoms with van der Waals surface area (Å²) in [6.45, 7) is 3.21. The van der Waals surface area contributed by atoms with Gasteiger partial charge < -0.3 is 10.0 Å². The summed E-state index contributed by atoms with van der Waals surface area (Å²) in [7, 11) is 0. The van der Waals surface area contributed by atoms with Crippen LogP contribution in [-0.2, 0) is 6.54 Å². The second-order valence-electron chi connectivity index (χ2n) is 7.03. The van der Waals surface area contributed by atoms with Gasteiger partial charge in [-0.15, -0.1) is 0 Å². The Hall–Kier alpha value is -3.58. The summed E-state index contributed by atoms with van der Waals surface area (Å²) in [6.07, 6.45) is 1.85. The minimum Gasteiger partial charge on any atom is -0.478 e. The summed E-state index contributed by atoms with van der Waals surface area (Å²) in [6, 6.07) is 22.2. The topological polar surface area (TPSA) is 40.5 Å². The lowest BCUT2D eigenvalue weighted by molar-refractivity contribution is 0.0692. The number of anilines is 1. The van der Waals surface area contributed by atoms with Gasteiger partial charge in [0.1, 0.15) is 0 Å². The average Bonchev–Trinajstić information content (AvgIpc) is 2.77. The standard InChI is InChI=1S/C26H24FNO2/c1-2-3-18-28(24-11-7-10-23(25(24)27)26(29)30)19-22-16-14-21(15-17-22)13-12-20-8-5-4-6-9-20/h4-11,14-17H,2-3,18-19H2,1H3,(H,29,30). The molecule has 0 fully saturated rings. The lowest BCUT2D eigenvalue weighted by Crippen LogP contribution is -2.25. The predicted octanol–water partition coefficient (Wildman–Crippen LogP) is 5.73. The maximum atomic E-state index is 14.8. The van der Waals surface area contributed by atoms with E-state index in [4.69, 9.17) is 0 Å². The maximum absolute atomic E-state index is 14.8. The van der Waals surface area contributed by atoms with E-state index in [0.29, 0.717) is 18.8 Å². The van der Waals surface area contributed by atoms with Gasteiger partial charge in [0.15, 0.2) is 5.82 Å². The van der Waals surface area contributed by atoms with Gasteiger partial charge in [-0.3, -0.25) is 0 Å². The van der Waals surface area contributed by atoms with Gasteiger partial charge in [0.05, 0.1) is 11.3 Å². The minimum absolute atomic E-state index is 0.305. The van der Waals surface area contributed by atoms with Gasteiger partial charge in [0.2, 0.25) is 0 Å². The van der Waals surface area contributed by atoms with E-state index in [1.807, 2.05) is 59.5 Å². The second kappa shape index (κ2) is 10.3. The van der Waals surface area contributed by atoms with Crippen LogP contribution in [0.25, 0.3) is 0 Å². The first-order valence-corrected chi connectivity index (χ1v) is 10.0. The highest BCUT2D eigenvalue weighted by Gasteiger charge is 2.18. The molecule has 0 aliphatic carbocycles. The first kappa shape index (κ1) is 21.1. The van der Waals surface area contributed by atoms with Gasteiger partial charge in [-0.05, 0) is 48.4 Å². The average molecular weight is 401 g/mol. The number of aromatic carboxylic acids is 1. The summed E-state index contributed by atoms with van der Waals surface area (Å²) in [5.41, 5.74) is 2.89. The SMILES string of the molecule is CCCCN(Cc1ccc(C#Cc2ccccc2)cc1)c1cccc(C(=O)O)c1F. The van der Waals surface area contributed by atoms with Crippen molar-refractivity contribution < 1.29 is 14.3 Å². The zero-order valence-electron chi connectivity index (χ0n) is 16.9. The van der Waals surface area contributed by atoms with E-state index in [1.54, 1.807) is 12.1 Å². The van der Waals surface area contributed by atoms with Gasteiger partial charge in [-0.1, -0.05) is 61.6 Å². The van der Waals surface area contributed by atoms with Crippen molar-refractivity contribution in [3.63, 3.8) is 0 Å². The molecule has 1 N–H and O–H groups in total. The fourth-order valence-corrected chi connectivity index (χ4v) is 3.14. The third kappa shape index (κ3) is 5.48. The Morgan fingerprint density at radius 3 is 2.23 bits per heavy atom. The molecule has 3 nitrogen and oxygen atoms in total. The van der Waals surface area contributed by atoms with Crippen LogP contribution in [0.5, 0.6) is 0 Å². The molecule has 0 saturated heterocycles. The molecule has 0 radical (unpaired) electrons. The fraction of sp³-hybridized carbons (Fsp3) is 0.192. The Morgan fingerprint density at radius 2 is 1.60 bits per heavy atom. The van der Waals surface area contributed by atoms with Gasteiger partial charge in [0.25, 0.3) is 0 Å². The van der Waals surface area contributed by atoms with Crippen molar-refractivity contribution in [1.29, 1.82) is 0 Å². The summed E-state index contributed by atoms with van der Waals surface area (Å²) in [5.74, 6) is 4.33. The highest BCUT2D eigenvalue weighted by Crippen LogP contribution is 2.25. The molecule has 3 aromatic carbocycles. The molecule has 0 bridgehead atoms. The number of carboxylic acid groups (broad SMARTS) is 1. The van der Waals surface area contributed by atoms with E-state index in [1.165, 1.54) is 6.07 Å². The molecular weight excluding hydrogens is 377 g/mol. The monoisotopic (exact) mass is 401 g/mol. The van der Waals surface area contributed by atoms with Crippen LogP contribution in [0.1, 0.15) is 46.8 Å². The first-order valence-electron chi connectivity index (χ1n) is 10.0. The smallest absolute Gasteiger partial charge is 0.338 e. The normalized spacial score (nSPS) is 10.2. The van der Waals surface area contributed by atoms with Crippen LogP contribution in [0.4, 0.5) is 10.1 Å². The maximum Gasteiger partial charge on any atom is 0.338 e. The Balaban J connectivity index is 1.80. The highest BCUT2D eigenvalue weighted by atomic mass is 19.1. The molecular formula is C26H24FNO2. The van der Waals surface area contributed by atoms with E-state index in [2.05, 4.69) is 18.8 Å². The number of rotatable bonds is 7. The number of carboxylic acids is 1. The van der Waals surface area contributed by atoms with E-state index < -0.39 is 11.8 Å². The largest absolute Gasteiger partial charge is 0.478 e. The van der Waals surface area contributed by atoms with Crippen LogP contribution in [-0.4, -0.2) is 17.6 Å². The zero-order valence-corrected chi connectivity index (χ0v) is 16.9. The molecule has 3 rings (SSSR count). The van der Waals surface area contributed by atoms with Crippen molar-refractivity contribution in [2.75, 3.05) is 11.4 Å². The van der Waals surface area contributed by atoms with Crippen molar-refractivity contribution in [2.45, 2.75) is 26.3 Å². The Kier molecular flexibility index (Phi) is 7.24. The van der Waals surface area contributed by atoms with Gasteiger partial charge in [0, 0.05) is 24.2 Å².